The quantitative estimate of drug-likeness (QED) is 0.619. The van der Waals surface area contributed by atoms with Gasteiger partial charge in [-0.25, -0.2) is 0 Å². The first-order valence-electron chi connectivity index (χ1n) is 11.1. The van der Waals surface area contributed by atoms with Crippen molar-refractivity contribution in [3.05, 3.63) is 69.9 Å². The maximum absolute atomic E-state index is 13.2. The minimum absolute atomic E-state index is 0.0108. The number of carbonyl (C=O) groups excluding carboxylic acids is 3. The van der Waals surface area contributed by atoms with Crippen LogP contribution < -0.4 is 0 Å². The molecule has 0 N–H and O–H groups in total. The molecule has 0 bridgehead atoms. The number of nitrogens with zero attached hydrogens (tertiary/aromatic N) is 3. The van der Waals surface area contributed by atoms with Crippen molar-refractivity contribution in [1.82, 2.24) is 14.9 Å². The van der Waals surface area contributed by atoms with Gasteiger partial charge in [0, 0.05) is 24.8 Å². The third-order valence-corrected chi connectivity index (χ3v) is 6.35. The van der Waals surface area contributed by atoms with E-state index < -0.39 is 0 Å². The summed E-state index contributed by atoms with van der Waals surface area (Å²) < 4.78 is 6.80. The summed E-state index contributed by atoms with van der Waals surface area (Å²) in [7, 11) is 0. The number of aromatic nitrogens is 3. The van der Waals surface area contributed by atoms with E-state index in [1.807, 2.05) is 32.0 Å². The third kappa shape index (κ3) is 3.51. The van der Waals surface area contributed by atoms with Crippen molar-refractivity contribution in [3.63, 3.8) is 0 Å². The highest BCUT2D eigenvalue weighted by atomic mass is 16.5. The molecule has 2 aromatic heterocycles. The minimum atomic E-state index is -0.243. The molecule has 2 aliphatic rings. The van der Waals surface area contributed by atoms with Crippen molar-refractivity contribution in [1.29, 1.82) is 0 Å². The first kappa shape index (κ1) is 20.5. The van der Waals surface area contributed by atoms with E-state index in [1.165, 1.54) is 4.68 Å². The summed E-state index contributed by atoms with van der Waals surface area (Å²) >= 11 is 0. The summed E-state index contributed by atoms with van der Waals surface area (Å²) in [6.07, 6.45) is 3.86. The molecule has 7 nitrogen and oxygen atoms in total. The number of fused-ring (bicyclic) bond motifs is 2. The van der Waals surface area contributed by atoms with Gasteiger partial charge in [-0.1, -0.05) is 37.2 Å². The molecular weight excluding hydrogens is 406 g/mol. The number of hydrogen-bond acceptors (Lipinski definition) is 6. The maximum atomic E-state index is 13.2. The van der Waals surface area contributed by atoms with Gasteiger partial charge in [0.05, 0.1) is 28.2 Å². The molecule has 7 heteroatoms. The lowest BCUT2D eigenvalue weighted by Gasteiger charge is -2.29. The second kappa shape index (κ2) is 7.65. The fourth-order valence-corrected chi connectivity index (χ4v) is 4.86. The van der Waals surface area contributed by atoms with Gasteiger partial charge in [-0.3, -0.25) is 14.4 Å². The van der Waals surface area contributed by atoms with Crippen LogP contribution in [-0.4, -0.2) is 32.4 Å². The Kier molecular flexibility index (Phi) is 4.92. The number of benzene rings is 1. The molecule has 0 spiro atoms. The molecule has 5 rings (SSSR count). The molecule has 0 saturated carbocycles. The van der Waals surface area contributed by atoms with Crippen LogP contribution in [0, 0.1) is 5.41 Å². The number of aryl methyl sites for hydroxylation is 3. The van der Waals surface area contributed by atoms with Crippen LogP contribution in [0.3, 0.4) is 0 Å². The summed E-state index contributed by atoms with van der Waals surface area (Å²) in [6.45, 7) is 4.07. The van der Waals surface area contributed by atoms with E-state index in [1.54, 1.807) is 12.1 Å². The molecule has 0 radical (unpaired) electrons. The van der Waals surface area contributed by atoms with Gasteiger partial charge in [0.15, 0.2) is 11.6 Å². The van der Waals surface area contributed by atoms with Crippen molar-refractivity contribution in [2.75, 3.05) is 0 Å². The van der Waals surface area contributed by atoms with E-state index in [0.717, 1.165) is 12.8 Å². The Hall–Kier alpha value is -3.35. The number of carbonyl (C=O) groups is 3. The van der Waals surface area contributed by atoms with Gasteiger partial charge in [0.1, 0.15) is 5.76 Å². The van der Waals surface area contributed by atoms with E-state index in [2.05, 4.69) is 10.3 Å². The fraction of sp³-hybridized carbons (Fsp3) is 0.400. The second-order valence-electron chi connectivity index (χ2n) is 9.50. The molecule has 2 heterocycles. The van der Waals surface area contributed by atoms with Crippen molar-refractivity contribution >= 4 is 17.5 Å². The highest BCUT2D eigenvalue weighted by Gasteiger charge is 2.38. The fourth-order valence-electron chi connectivity index (χ4n) is 4.86. The van der Waals surface area contributed by atoms with Crippen molar-refractivity contribution in [2.45, 2.75) is 58.8 Å². The Labute approximate surface area is 185 Å². The normalized spacial score (nSPS) is 17.2. The average Bonchev–Trinajstić information content (AvgIpc) is 3.34. The zero-order valence-electron chi connectivity index (χ0n) is 18.3. The number of Topliss-reactive ketones (excluding diaryl/α,β-unsaturated/α-hetero) is 2. The van der Waals surface area contributed by atoms with Crippen LogP contribution in [0.15, 0.2) is 34.9 Å². The Bertz CT molecular complexity index is 1230. The number of hydrogen-bond donors (Lipinski definition) is 0. The molecular formula is C25H25N3O4. The Morgan fingerprint density at radius 2 is 1.75 bits per heavy atom. The van der Waals surface area contributed by atoms with Gasteiger partial charge >= 0.3 is 0 Å². The van der Waals surface area contributed by atoms with Gasteiger partial charge in [0.25, 0.3) is 5.91 Å². The number of ketones is 2. The van der Waals surface area contributed by atoms with Crippen molar-refractivity contribution < 1.29 is 18.9 Å². The maximum Gasteiger partial charge on any atom is 0.278 e. The molecule has 0 aliphatic heterocycles. The van der Waals surface area contributed by atoms with Crippen LogP contribution in [0.4, 0.5) is 0 Å². The van der Waals surface area contributed by atoms with Gasteiger partial charge < -0.3 is 4.52 Å². The smallest absolute Gasteiger partial charge is 0.278 e. The lowest BCUT2D eigenvalue weighted by molar-refractivity contribution is 0.0900. The standard InChI is InChI=1S/C25H25N3O4/c1-25(2)13-18-22(20(30)14-25)16(26-28(18)24(31)15-7-4-3-5-8-15)11-12-17-23-19(29)9-6-10-21(23)32-27-17/h3-5,7-8H,6,9-14H2,1-2H3. The molecule has 0 amide bonds. The van der Waals surface area contributed by atoms with Gasteiger partial charge in [0.2, 0.25) is 0 Å². The summed E-state index contributed by atoms with van der Waals surface area (Å²) in [5.74, 6) is 0.484. The topological polar surface area (TPSA) is 95.1 Å². The average molecular weight is 431 g/mol. The zero-order valence-corrected chi connectivity index (χ0v) is 18.3. The zero-order chi connectivity index (χ0) is 22.5. The van der Waals surface area contributed by atoms with Crippen LogP contribution in [0.5, 0.6) is 0 Å². The van der Waals surface area contributed by atoms with E-state index in [4.69, 9.17) is 4.52 Å². The Morgan fingerprint density at radius 3 is 2.53 bits per heavy atom. The summed E-state index contributed by atoms with van der Waals surface area (Å²) in [6, 6.07) is 8.97. The van der Waals surface area contributed by atoms with Crippen LogP contribution in [-0.2, 0) is 25.7 Å². The third-order valence-electron chi connectivity index (χ3n) is 6.35. The lowest BCUT2D eigenvalue weighted by Crippen LogP contribution is -2.30. The highest BCUT2D eigenvalue weighted by molar-refractivity contribution is 6.03. The van der Waals surface area contributed by atoms with Crippen LogP contribution in [0.2, 0.25) is 0 Å². The predicted octanol–water partition coefficient (Wildman–Crippen LogP) is 4.02. The van der Waals surface area contributed by atoms with Gasteiger partial charge in [-0.15, -0.1) is 0 Å². The molecule has 0 saturated heterocycles. The van der Waals surface area contributed by atoms with E-state index in [9.17, 15) is 14.4 Å². The largest absolute Gasteiger partial charge is 0.360 e. The Balaban J connectivity index is 1.52. The minimum Gasteiger partial charge on any atom is -0.360 e. The molecule has 164 valence electrons. The molecule has 3 aromatic rings. The Morgan fingerprint density at radius 1 is 1.00 bits per heavy atom. The SMILES string of the molecule is CC1(C)CC(=O)c2c(CCc3noc4c3C(=O)CCC4)nn(C(=O)c3ccccc3)c2C1. The number of rotatable bonds is 4. The first-order valence-corrected chi connectivity index (χ1v) is 11.1. The molecule has 2 aliphatic carbocycles. The van der Waals surface area contributed by atoms with Crippen LogP contribution >= 0.6 is 0 Å². The molecule has 0 unspecified atom stereocenters. The van der Waals surface area contributed by atoms with Gasteiger partial charge in [-0.05, 0) is 43.2 Å². The summed E-state index contributed by atoms with van der Waals surface area (Å²) in [4.78, 5) is 38.7. The van der Waals surface area contributed by atoms with Crippen molar-refractivity contribution in [2.24, 2.45) is 5.41 Å². The molecule has 0 fully saturated rings. The molecule has 32 heavy (non-hydrogen) atoms. The highest BCUT2D eigenvalue weighted by Crippen LogP contribution is 2.37. The second-order valence-corrected chi connectivity index (χ2v) is 9.50. The van der Waals surface area contributed by atoms with Crippen LogP contribution in [0.1, 0.15) is 87.0 Å². The summed E-state index contributed by atoms with van der Waals surface area (Å²) in [5, 5.41) is 8.74. The predicted molar refractivity (Wildman–Crippen MR) is 116 cm³/mol. The molecule has 1 aromatic carbocycles. The summed E-state index contributed by atoms with van der Waals surface area (Å²) in [5.41, 5.74) is 3.31. The van der Waals surface area contributed by atoms with E-state index >= 15 is 0 Å². The van der Waals surface area contributed by atoms with E-state index in [0.29, 0.717) is 71.6 Å². The van der Waals surface area contributed by atoms with Crippen molar-refractivity contribution in [3.8, 4) is 0 Å². The van der Waals surface area contributed by atoms with E-state index in [-0.39, 0.29) is 22.9 Å². The van der Waals surface area contributed by atoms with Gasteiger partial charge in [-0.2, -0.15) is 9.78 Å². The van der Waals surface area contributed by atoms with Crippen LogP contribution in [0.25, 0.3) is 0 Å². The first-order chi connectivity index (χ1) is 15.3. The lowest BCUT2D eigenvalue weighted by atomic mass is 9.75. The molecule has 0 atom stereocenters. The monoisotopic (exact) mass is 431 g/mol.